The molecule has 92 valence electrons. The van der Waals surface area contributed by atoms with Crippen LogP contribution in [0.25, 0.3) is 0 Å². The summed E-state index contributed by atoms with van der Waals surface area (Å²) < 4.78 is 10.7. The van der Waals surface area contributed by atoms with Gasteiger partial charge in [-0.15, -0.1) is 0 Å². The normalized spacial score (nSPS) is 18.8. The fourth-order valence-electron chi connectivity index (χ4n) is 1.85. The number of methoxy groups -OCH3 is 1. The van der Waals surface area contributed by atoms with Gasteiger partial charge in [-0.05, 0) is 25.0 Å². The number of nitrogens with zero attached hydrogens (tertiary/aromatic N) is 1. The molecule has 2 heterocycles. The number of rotatable bonds is 5. The molecular formula is C13H18N2O2. The number of hydrogen-bond acceptors (Lipinski definition) is 4. The van der Waals surface area contributed by atoms with Crippen LogP contribution in [0.2, 0.25) is 0 Å². The van der Waals surface area contributed by atoms with E-state index in [-0.39, 0.29) is 6.10 Å². The van der Waals surface area contributed by atoms with Crippen molar-refractivity contribution in [3.63, 3.8) is 0 Å². The Morgan fingerprint density at radius 1 is 1.59 bits per heavy atom. The third-order valence-electron chi connectivity index (χ3n) is 2.75. The van der Waals surface area contributed by atoms with Crippen LogP contribution in [0.5, 0.6) is 5.88 Å². The predicted octanol–water partition coefficient (Wildman–Crippen LogP) is 1.87. The summed E-state index contributed by atoms with van der Waals surface area (Å²) in [5.74, 6) is 0.685. The molecule has 1 aromatic heterocycles. The lowest BCUT2D eigenvalue weighted by molar-refractivity contribution is 0.122. The lowest BCUT2D eigenvalue weighted by Crippen LogP contribution is -2.28. The van der Waals surface area contributed by atoms with E-state index in [0.717, 1.165) is 31.5 Å². The van der Waals surface area contributed by atoms with Gasteiger partial charge in [-0.1, -0.05) is 6.07 Å². The molecule has 0 unspecified atom stereocenters. The molecule has 1 atom stereocenters. The van der Waals surface area contributed by atoms with E-state index < -0.39 is 0 Å². The maximum absolute atomic E-state index is 5.48. The topological polar surface area (TPSA) is 43.4 Å². The van der Waals surface area contributed by atoms with Crippen LogP contribution in [-0.2, 0) is 11.3 Å². The molecule has 17 heavy (non-hydrogen) atoms. The van der Waals surface area contributed by atoms with Crippen LogP contribution in [0.3, 0.4) is 0 Å². The van der Waals surface area contributed by atoms with E-state index in [1.54, 1.807) is 19.6 Å². The zero-order valence-electron chi connectivity index (χ0n) is 10.1. The Hall–Kier alpha value is -1.55. The highest BCUT2D eigenvalue weighted by atomic mass is 16.5. The minimum Gasteiger partial charge on any atom is -0.497 e. The van der Waals surface area contributed by atoms with Crippen molar-refractivity contribution < 1.29 is 9.47 Å². The molecule has 0 saturated carbocycles. The quantitative estimate of drug-likeness (QED) is 0.844. The molecule has 0 bridgehead atoms. The van der Waals surface area contributed by atoms with Gasteiger partial charge in [0.1, 0.15) is 6.10 Å². The molecule has 4 nitrogen and oxygen atoms in total. The SMILES string of the molecule is COc1ncccc1CNC[C@@H]1CCC=CO1. The lowest BCUT2D eigenvalue weighted by Gasteiger charge is -2.19. The molecule has 0 amide bonds. The van der Waals surface area contributed by atoms with E-state index in [1.807, 2.05) is 12.1 Å². The van der Waals surface area contributed by atoms with Crippen LogP contribution in [0.4, 0.5) is 0 Å². The van der Waals surface area contributed by atoms with Crippen molar-refractivity contribution in [1.82, 2.24) is 10.3 Å². The Morgan fingerprint density at radius 2 is 2.53 bits per heavy atom. The van der Waals surface area contributed by atoms with Crippen LogP contribution in [-0.4, -0.2) is 24.7 Å². The second-order valence-corrected chi connectivity index (χ2v) is 4.01. The van der Waals surface area contributed by atoms with Crippen molar-refractivity contribution in [1.29, 1.82) is 0 Å². The van der Waals surface area contributed by atoms with E-state index >= 15 is 0 Å². The number of ether oxygens (including phenoxy) is 2. The van der Waals surface area contributed by atoms with Crippen LogP contribution in [0.1, 0.15) is 18.4 Å². The Labute approximate surface area is 102 Å². The standard InChI is InChI=1S/C13H18N2O2/c1-16-13-11(5-4-7-15-13)9-14-10-12-6-2-3-8-17-12/h3-5,7-8,12,14H,2,6,9-10H2,1H3/t12-/m0/s1. The highest BCUT2D eigenvalue weighted by molar-refractivity contribution is 5.24. The summed E-state index contributed by atoms with van der Waals surface area (Å²) in [5.41, 5.74) is 1.07. The first-order valence-corrected chi connectivity index (χ1v) is 5.89. The van der Waals surface area contributed by atoms with Gasteiger partial charge in [0.15, 0.2) is 0 Å². The number of pyridine rings is 1. The van der Waals surface area contributed by atoms with Gasteiger partial charge in [0.25, 0.3) is 0 Å². The maximum atomic E-state index is 5.48. The molecule has 0 saturated heterocycles. The van der Waals surface area contributed by atoms with Gasteiger partial charge >= 0.3 is 0 Å². The lowest BCUT2D eigenvalue weighted by atomic mass is 10.1. The predicted molar refractivity (Wildman–Crippen MR) is 65.7 cm³/mol. The molecule has 1 aliphatic rings. The highest BCUT2D eigenvalue weighted by Crippen LogP contribution is 2.13. The summed E-state index contributed by atoms with van der Waals surface area (Å²) in [6.45, 7) is 1.60. The first kappa shape index (κ1) is 11.9. The van der Waals surface area contributed by atoms with Gasteiger partial charge in [0.2, 0.25) is 5.88 Å². The molecule has 0 aromatic carbocycles. The number of aromatic nitrogens is 1. The van der Waals surface area contributed by atoms with Gasteiger partial charge in [-0.2, -0.15) is 0 Å². The fraction of sp³-hybridized carbons (Fsp3) is 0.462. The molecule has 2 rings (SSSR count). The van der Waals surface area contributed by atoms with Crippen molar-refractivity contribution >= 4 is 0 Å². The summed E-state index contributed by atoms with van der Waals surface area (Å²) in [5, 5.41) is 3.37. The third-order valence-corrected chi connectivity index (χ3v) is 2.75. The molecule has 0 aliphatic carbocycles. The minimum atomic E-state index is 0.280. The molecule has 0 radical (unpaired) electrons. The van der Waals surface area contributed by atoms with Gasteiger partial charge < -0.3 is 14.8 Å². The third kappa shape index (κ3) is 3.46. The Balaban J connectivity index is 1.79. The van der Waals surface area contributed by atoms with Gasteiger partial charge in [-0.25, -0.2) is 4.98 Å². The van der Waals surface area contributed by atoms with Gasteiger partial charge in [0, 0.05) is 24.8 Å². The van der Waals surface area contributed by atoms with Crippen molar-refractivity contribution in [3.05, 3.63) is 36.2 Å². The van der Waals surface area contributed by atoms with E-state index in [0.29, 0.717) is 5.88 Å². The second kappa shape index (κ2) is 6.25. The van der Waals surface area contributed by atoms with E-state index in [1.165, 1.54) is 0 Å². The summed E-state index contributed by atoms with van der Waals surface area (Å²) in [4.78, 5) is 4.16. The molecular weight excluding hydrogens is 216 g/mol. The average molecular weight is 234 g/mol. The largest absolute Gasteiger partial charge is 0.497 e. The minimum absolute atomic E-state index is 0.280. The Morgan fingerprint density at radius 3 is 3.29 bits per heavy atom. The van der Waals surface area contributed by atoms with Crippen molar-refractivity contribution in [3.8, 4) is 5.88 Å². The number of nitrogens with one attached hydrogen (secondary N) is 1. The summed E-state index contributed by atoms with van der Waals surface area (Å²) >= 11 is 0. The van der Waals surface area contributed by atoms with Crippen molar-refractivity contribution in [2.24, 2.45) is 0 Å². The zero-order chi connectivity index (χ0) is 11.9. The molecule has 1 N–H and O–H groups in total. The first-order valence-electron chi connectivity index (χ1n) is 5.89. The Kier molecular flexibility index (Phi) is 4.38. The van der Waals surface area contributed by atoms with E-state index in [4.69, 9.17) is 9.47 Å². The Bertz CT molecular complexity index is 379. The summed E-state index contributed by atoms with van der Waals surface area (Å²) in [7, 11) is 1.64. The van der Waals surface area contributed by atoms with Crippen LogP contribution < -0.4 is 10.1 Å². The molecule has 1 aromatic rings. The second-order valence-electron chi connectivity index (χ2n) is 4.01. The molecule has 0 fully saturated rings. The maximum Gasteiger partial charge on any atom is 0.217 e. The van der Waals surface area contributed by atoms with Crippen LogP contribution >= 0.6 is 0 Å². The van der Waals surface area contributed by atoms with Crippen LogP contribution in [0.15, 0.2) is 30.7 Å². The number of allylic oxidation sites excluding steroid dienone is 1. The van der Waals surface area contributed by atoms with Gasteiger partial charge in [-0.3, -0.25) is 0 Å². The van der Waals surface area contributed by atoms with Gasteiger partial charge in [0.05, 0.1) is 13.4 Å². The van der Waals surface area contributed by atoms with E-state index in [2.05, 4.69) is 16.4 Å². The number of hydrogen-bond donors (Lipinski definition) is 1. The first-order chi connectivity index (χ1) is 8.40. The van der Waals surface area contributed by atoms with Crippen molar-refractivity contribution in [2.45, 2.75) is 25.5 Å². The summed E-state index contributed by atoms with van der Waals surface area (Å²) in [6.07, 6.45) is 8.04. The van der Waals surface area contributed by atoms with Crippen molar-refractivity contribution in [2.75, 3.05) is 13.7 Å². The molecule has 4 heteroatoms. The highest BCUT2D eigenvalue weighted by Gasteiger charge is 2.10. The van der Waals surface area contributed by atoms with E-state index in [9.17, 15) is 0 Å². The summed E-state index contributed by atoms with van der Waals surface area (Å²) in [6, 6.07) is 3.93. The molecule has 0 spiro atoms. The molecule has 1 aliphatic heterocycles. The zero-order valence-corrected chi connectivity index (χ0v) is 10.1. The fourth-order valence-corrected chi connectivity index (χ4v) is 1.85. The van der Waals surface area contributed by atoms with Crippen LogP contribution in [0, 0.1) is 0 Å². The average Bonchev–Trinajstić information content (AvgIpc) is 2.40. The monoisotopic (exact) mass is 234 g/mol. The smallest absolute Gasteiger partial charge is 0.217 e.